The molecule has 0 unspecified atom stereocenters. The molecule has 1 heterocycles. The summed E-state index contributed by atoms with van der Waals surface area (Å²) < 4.78 is 1.62. The van der Waals surface area contributed by atoms with Crippen LogP contribution in [0.4, 0.5) is 5.82 Å². The molecule has 0 radical (unpaired) electrons. The van der Waals surface area contributed by atoms with Crippen molar-refractivity contribution >= 4 is 28.9 Å². The Morgan fingerprint density at radius 3 is 2.80 bits per heavy atom. The van der Waals surface area contributed by atoms with Crippen LogP contribution in [0, 0.1) is 5.41 Å². The minimum absolute atomic E-state index is 0.145. The van der Waals surface area contributed by atoms with E-state index in [4.69, 9.17) is 18.0 Å². The zero-order valence-corrected chi connectivity index (χ0v) is 9.17. The van der Waals surface area contributed by atoms with Crippen LogP contribution in [0.25, 0.3) is 0 Å². The lowest BCUT2D eigenvalue weighted by Gasteiger charge is -2.11. The molecule has 6 heteroatoms. The first kappa shape index (κ1) is 10.1. The minimum Gasteiger partial charge on any atom is -0.392 e. The molecule has 1 fully saturated rings. The van der Waals surface area contributed by atoms with Crippen molar-refractivity contribution in [3.8, 4) is 0 Å². The molecule has 0 bridgehead atoms. The Morgan fingerprint density at radius 1 is 1.73 bits per heavy atom. The van der Waals surface area contributed by atoms with Gasteiger partial charge in [-0.05, 0) is 12.8 Å². The molecular weight excluding hydrogens is 212 g/mol. The van der Waals surface area contributed by atoms with Crippen molar-refractivity contribution in [2.24, 2.45) is 18.2 Å². The fraction of sp³-hybridized carbons (Fsp3) is 0.444. The number of carbonyl (C=O) groups excluding carboxylic acids is 1. The zero-order chi connectivity index (χ0) is 11.1. The number of hydrogen-bond donors (Lipinski definition) is 2. The second kappa shape index (κ2) is 3.30. The Morgan fingerprint density at radius 2 is 2.40 bits per heavy atom. The largest absolute Gasteiger partial charge is 0.392 e. The van der Waals surface area contributed by atoms with Gasteiger partial charge in [0.15, 0.2) is 5.82 Å². The number of nitrogens with one attached hydrogen (secondary N) is 1. The van der Waals surface area contributed by atoms with Gasteiger partial charge >= 0.3 is 0 Å². The predicted molar refractivity (Wildman–Crippen MR) is 60.3 cm³/mol. The molecule has 1 aromatic heterocycles. The van der Waals surface area contributed by atoms with E-state index in [1.807, 2.05) is 0 Å². The maximum Gasteiger partial charge on any atom is 0.238 e. The van der Waals surface area contributed by atoms with Crippen molar-refractivity contribution in [1.29, 1.82) is 0 Å². The lowest BCUT2D eigenvalue weighted by molar-refractivity contribution is -0.118. The number of carbonyl (C=O) groups is 1. The highest BCUT2D eigenvalue weighted by Crippen LogP contribution is 2.46. The normalized spacial score (nSPS) is 17.1. The van der Waals surface area contributed by atoms with Crippen LogP contribution in [-0.4, -0.2) is 20.7 Å². The van der Waals surface area contributed by atoms with Crippen LogP contribution in [0.5, 0.6) is 0 Å². The highest BCUT2D eigenvalue weighted by Gasteiger charge is 2.52. The van der Waals surface area contributed by atoms with E-state index in [1.165, 1.54) is 0 Å². The van der Waals surface area contributed by atoms with Crippen LogP contribution in [-0.2, 0) is 11.8 Å². The predicted octanol–water partition coefficient (Wildman–Crippen LogP) is 0.425. The molecule has 1 saturated carbocycles. The van der Waals surface area contributed by atoms with Crippen molar-refractivity contribution < 1.29 is 4.79 Å². The molecule has 0 saturated heterocycles. The number of aromatic nitrogens is 2. The van der Waals surface area contributed by atoms with Gasteiger partial charge in [0.1, 0.15) is 0 Å². The minimum atomic E-state index is -0.618. The van der Waals surface area contributed by atoms with E-state index in [2.05, 4.69) is 10.4 Å². The summed E-state index contributed by atoms with van der Waals surface area (Å²) in [5.41, 5.74) is 4.92. The van der Waals surface area contributed by atoms with E-state index in [0.717, 1.165) is 12.8 Å². The number of nitrogens with two attached hydrogens (primary N) is 1. The molecule has 0 atom stereocenters. The summed E-state index contributed by atoms with van der Waals surface area (Å²) in [6.45, 7) is 0. The number of rotatable bonds is 3. The first-order chi connectivity index (χ1) is 7.04. The van der Waals surface area contributed by atoms with Crippen molar-refractivity contribution in [3.05, 3.63) is 12.3 Å². The Bertz CT molecular complexity index is 422. The van der Waals surface area contributed by atoms with Gasteiger partial charge in [-0.2, -0.15) is 5.10 Å². The molecule has 1 aromatic rings. The van der Waals surface area contributed by atoms with E-state index in [1.54, 1.807) is 24.0 Å². The van der Waals surface area contributed by atoms with Crippen LogP contribution >= 0.6 is 12.2 Å². The first-order valence-electron chi connectivity index (χ1n) is 4.66. The zero-order valence-electron chi connectivity index (χ0n) is 8.36. The van der Waals surface area contributed by atoms with Crippen LogP contribution < -0.4 is 11.1 Å². The van der Waals surface area contributed by atoms with Crippen LogP contribution in [0.2, 0.25) is 0 Å². The van der Waals surface area contributed by atoms with Gasteiger partial charge in [-0.25, -0.2) is 0 Å². The summed E-state index contributed by atoms with van der Waals surface area (Å²) in [4.78, 5) is 12.1. The number of hydrogen-bond acceptors (Lipinski definition) is 3. The van der Waals surface area contributed by atoms with Crippen molar-refractivity contribution in [3.63, 3.8) is 0 Å². The average Bonchev–Trinajstić information content (AvgIpc) is 2.88. The van der Waals surface area contributed by atoms with Gasteiger partial charge in [0.25, 0.3) is 0 Å². The molecule has 3 N–H and O–H groups in total. The molecule has 1 aliphatic rings. The van der Waals surface area contributed by atoms with Gasteiger partial charge in [0.2, 0.25) is 5.91 Å². The van der Waals surface area contributed by atoms with Crippen molar-refractivity contribution in [2.45, 2.75) is 12.8 Å². The molecule has 0 aromatic carbocycles. The van der Waals surface area contributed by atoms with Gasteiger partial charge < -0.3 is 11.1 Å². The summed E-state index contributed by atoms with van der Waals surface area (Å²) >= 11 is 4.88. The summed E-state index contributed by atoms with van der Waals surface area (Å²) in [6, 6.07) is 1.73. The van der Waals surface area contributed by atoms with E-state index in [-0.39, 0.29) is 10.9 Å². The van der Waals surface area contributed by atoms with E-state index in [0.29, 0.717) is 5.82 Å². The summed E-state index contributed by atoms with van der Waals surface area (Å²) in [6.07, 6.45) is 3.23. The average molecular weight is 224 g/mol. The van der Waals surface area contributed by atoms with Crippen molar-refractivity contribution in [2.75, 3.05) is 5.32 Å². The molecule has 15 heavy (non-hydrogen) atoms. The lowest BCUT2D eigenvalue weighted by atomic mass is 10.1. The van der Waals surface area contributed by atoms with Gasteiger partial charge in [0.05, 0.1) is 10.4 Å². The summed E-state index contributed by atoms with van der Waals surface area (Å²) in [5, 5.41) is 6.76. The Hall–Kier alpha value is -1.43. The molecular formula is C9H12N4OS. The quantitative estimate of drug-likeness (QED) is 0.730. The topological polar surface area (TPSA) is 72.9 Å². The number of anilines is 1. The molecule has 0 spiro atoms. The van der Waals surface area contributed by atoms with Crippen molar-refractivity contribution in [1.82, 2.24) is 9.78 Å². The second-order valence-corrected chi connectivity index (χ2v) is 4.21. The Balaban J connectivity index is 2.08. The highest BCUT2D eigenvalue weighted by molar-refractivity contribution is 7.80. The smallest absolute Gasteiger partial charge is 0.238 e. The number of nitrogens with zero attached hydrogens (tertiary/aromatic N) is 2. The van der Waals surface area contributed by atoms with Crippen LogP contribution in [0.3, 0.4) is 0 Å². The standard InChI is InChI=1S/C9H12N4OS/c1-13-5-2-6(12-13)11-8(14)9(3-4-9)7(10)15/h2,5H,3-4H2,1H3,(H2,10,15)(H,11,12,14). The van der Waals surface area contributed by atoms with Gasteiger partial charge in [-0.3, -0.25) is 9.48 Å². The molecule has 5 nitrogen and oxygen atoms in total. The Kier molecular flexibility index (Phi) is 2.22. The second-order valence-electron chi connectivity index (χ2n) is 3.78. The van der Waals surface area contributed by atoms with Gasteiger partial charge in [-0.1, -0.05) is 12.2 Å². The van der Waals surface area contributed by atoms with Crippen LogP contribution in [0.15, 0.2) is 12.3 Å². The third-order valence-electron chi connectivity index (χ3n) is 2.61. The van der Waals surface area contributed by atoms with E-state index < -0.39 is 5.41 Å². The fourth-order valence-electron chi connectivity index (χ4n) is 1.43. The monoisotopic (exact) mass is 224 g/mol. The molecule has 1 amide bonds. The summed E-state index contributed by atoms with van der Waals surface area (Å²) in [5.74, 6) is 0.388. The fourth-order valence-corrected chi connectivity index (χ4v) is 1.72. The van der Waals surface area contributed by atoms with E-state index >= 15 is 0 Å². The van der Waals surface area contributed by atoms with Crippen LogP contribution in [0.1, 0.15) is 12.8 Å². The molecule has 1 aliphatic carbocycles. The number of aryl methyl sites for hydroxylation is 1. The lowest BCUT2D eigenvalue weighted by Crippen LogP contribution is -2.35. The summed E-state index contributed by atoms with van der Waals surface area (Å²) in [7, 11) is 1.79. The number of thiocarbonyl (C=S) groups is 1. The van der Waals surface area contributed by atoms with E-state index in [9.17, 15) is 4.79 Å². The first-order valence-corrected chi connectivity index (χ1v) is 5.06. The maximum atomic E-state index is 11.8. The van der Waals surface area contributed by atoms with Gasteiger partial charge in [-0.15, -0.1) is 0 Å². The SMILES string of the molecule is Cn1ccc(NC(=O)C2(C(N)=S)CC2)n1. The van der Waals surface area contributed by atoms with Gasteiger partial charge in [0, 0.05) is 19.3 Å². The molecule has 2 rings (SSSR count). The third-order valence-corrected chi connectivity index (χ3v) is 3.00. The molecule has 80 valence electrons. The number of amides is 1. The highest BCUT2D eigenvalue weighted by atomic mass is 32.1. The maximum absolute atomic E-state index is 11.8. The third kappa shape index (κ3) is 1.72. The molecule has 0 aliphatic heterocycles. The Labute approximate surface area is 92.6 Å².